The summed E-state index contributed by atoms with van der Waals surface area (Å²) in [5.41, 5.74) is 2.73. The molecule has 1 aromatic carbocycles. The van der Waals surface area contributed by atoms with Gasteiger partial charge in [-0.3, -0.25) is 0 Å². The highest BCUT2D eigenvalue weighted by Crippen LogP contribution is 2.20. The highest BCUT2D eigenvalue weighted by molar-refractivity contribution is 7.89. The highest BCUT2D eigenvalue weighted by Gasteiger charge is 2.21. The maximum atomic E-state index is 12.2. The molecule has 0 aliphatic carbocycles. The molecule has 0 saturated heterocycles. The van der Waals surface area contributed by atoms with E-state index in [1.807, 2.05) is 26.8 Å². The lowest BCUT2D eigenvalue weighted by Crippen LogP contribution is -2.37. The van der Waals surface area contributed by atoms with Crippen LogP contribution >= 0.6 is 0 Å². The molecule has 1 rings (SSSR count). The fourth-order valence-corrected chi connectivity index (χ4v) is 3.38. The molecular formula is C13H21NO3S. The van der Waals surface area contributed by atoms with Gasteiger partial charge in [0, 0.05) is 6.04 Å². The van der Waals surface area contributed by atoms with E-state index < -0.39 is 16.1 Å². The zero-order valence-electron chi connectivity index (χ0n) is 11.3. The minimum absolute atomic E-state index is 0.195. The van der Waals surface area contributed by atoms with E-state index in [9.17, 15) is 8.42 Å². The van der Waals surface area contributed by atoms with Gasteiger partial charge in [-0.15, -0.1) is 0 Å². The number of hydrogen-bond donors (Lipinski definition) is 2. The van der Waals surface area contributed by atoms with Crippen LogP contribution in [-0.4, -0.2) is 26.2 Å². The summed E-state index contributed by atoms with van der Waals surface area (Å²) >= 11 is 0. The van der Waals surface area contributed by atoms with Gasteiger partial charge in [0.1, 0.15) is 0 Å². The lowest BCUT2D eigenvalue weighted by molar-refractivity contribution is 0.254. The fourth-order valence-electron chi connectivity index (χ4n) is 1.76. The molecule has 0 unspecified atom stereocenters. The molecule has 0 aliphatic heterocycles. The topological polar surface area (TPSA) is 66.4 Å². The molecule has 18 heavy (non-hydrogen) atoms. The summed E-state index contributed by atoms with van der Waals surface area (Å²) in [6.45, 7) is 7.25. The quantitative estimate of drug-likeness (QED) is 0.856. The zero-order valence-corrected chi connectivity index (χ0v) is 12.1. The van der Waals surface area contributed by atoms with Crippen molar-refractivity contribution in [1.82, 2.24) is 4.72 Å². The van der Waals surface area contributed by atoms with Crippen molar-refractivity contribution < 1.29 is 13.5 Å². The molecule has 0 saturated carbocycles. The third-order valence-corrected chi connectivity index (χ3v) is 4.78. The van der Waals surface area contributed by atoms with Crippen LogP contribution in [0.1, 0.15) is 30.0 Å². The summed E-state index contributed by atoms with van der Waals surface area (Å²) in [6.07, 6.45) is 0.555. The standard InChI is InChI=1S/C13H21NO3S/c1-5-12(8-15)14-18(16,17)13-7-10(3)9(2)6-11(13)4/h6-7,12,14-15H,5,8H2,1-4H3/t12-/m1/s1. The summed E-state index contributed by atoms with van der Waals surface area (Å²) in [6, 6.07) is 3.11. The lowest BCUT2D eigenvalue weighted by atomic mass is 10.1. The van der Waals surface area contributed by atoms with Crippen LogP contribution in [0.2, 0.25) is 0 Å². The minimum Gasteiger partial charge on any atom is -0.395 e. The van der Waals surface area contributed by atoms with Gasteiger partial charge in [0.05, 0.1) is 11.5 Å². The Morgan fingerprint density at radius 2 is 1.72 bits per heavy atom. The molecular weight excluding hydrogens is 250 g/mol. The smallest absolute Gasteiger partial charge is 0.241 e. The van der Waals surface area contributed by atoms with Gasteiger partial charge < -0.3 is 5.11 Å². The van der Waals surface area contributed by atoms with Gasteiger partial charge in [-0.25, -0.2) is 13.1 Å². The van der Waals surface area contributed by atoms with Crippen LogP contribution < -0.4 is 4.72 Å². The molecule has 102 valence electrons. The van der Waals surface area contributed by atoms with Crippen molar-refractivity contribution in [2.45, 2.75) is 45.1 Å². The van der Waals surface area contributed by atoms with Crippen molar-refractivity contribution in [2.24, 2.45) is 0 Å². The van der Waals surface area contributed by atoms with E-state index in [1.54, 1.807) is 13.0 Å². The van der Waals surface area contributed by atoms with Crippen molar-refractivity contribution in [3.8, 4) is 0 Å². The van der Waals surface area contributed by atoms with E-state index in [-0.39, 0.29) is 11.5 Å². The van der Waals surface area contributed by atoms with Gasteiger partial charge in [0.15, 0.2) is 0 Å². The van der Waals surface area contributed by atoms with Gasteiger partial charge in [-0.05, 0) is 49.9 Å². The van der Waals surface area contributed by atoms with Crippen LogP contribution in [0.3, 0.4) is 0 Å². The van der Waals surface area contributed by atoms with Crippen LogP contribution in [-0.2, 0) is 10.0 Å². The minimum atomic E-state index is -3.56. The van der Waals surface area contributed by atoms with Crippen LogP contribution in [0.25, 0.3) is 0 Å². The molecule has 0 bridgehead atoms. The first-order chi connectivity index (χ1) is 8.31. The van der Waals surface area contributed by atoms with Crippen LogP contribution in [0.4, 0.5) is 0 Å². The second-order valence-corrected chi connectivity index (χ2v) is 6.29. The first kappa shape index (κ1) is 15.1. The van der Waals surface area contributed by atoms with Gasteiger partial charge >= 0.3 is 0 Å². The Hall–Kier alpha value is -0.910. The molecule has 0 aliphatic rings. The van der Waals surface area contributed by atoms with E-state index in [4.69, 9.17) is 5.11 Å². The molecule has 0 radical (unpaired) electrons. The molecule has 1 atom stereocenters. The van der Waals surface area contributed by atoms with Crippen LogP contribution in [0.15, 0.2) is 17.0 Å². The highest BCUT2D eigenvalue weighted by atomic mass is 32.2. The maximum absolute atomic E-state index is 12.2. The van der Waals surface area contributed by atoms with E-state index in [0.717, 1.165) is 16.7 Å². The summed E-state index contributed by atoms with van der Waals surface area (Å²) in [5.74, 6) is 0. The van der Waals surface area contributed by atoms with E-state index >= 15 is 0 Å². The summed E-state index contributed by atoms with van der Waals surface area (Å²) in [4.78, 5) is 0.289. The summed E-state index contributed by atoms with van der Waals surface area (Å²) < 4.78 is 27.0. The molecule has 4 nitrogen and oxygen atoms in total. The summed E-state index contributed by atoms with van der Waals surface area (Å²) in [5, 5.41) is 9.08. The first-order valence-corrected chi connectivity index (χ1v) is 7.51. The molecule has 1 aromatic rings. The van der Waals surface area contributed by atoms with Crippen molar-refractivity contribution in [2.75, 3.05) is 6.61 Å². The fraction of sp³-hybridized carbons (Fsp3) is 0.538. The second-order valence-electron chi connectivity index (χ2n) is 4.61. The third-order valence-electron chi connectivity index (χ3n) is 3.12. The number of aliphatic hydroxyl groups excluding tert-OH is 1. The normalized spacial score (nSPS) is 13.6. The molecule has 2 N–H and O–H groups in total. The lowest BCUT2D eigenvalue weighted by Gasteiger charge is -2.16. The Bertz CT molecular complexity index is 519. The number of aryl methyl sites for hydroxylation is 3. The first-order valence-electron chi connectivity index (χ1n) is 6.02. The number of hydrogen-bond acceptors (Lipinski definition) is 3. The van der Waals surface area contributed by atoms with Gasteiger partial charge in [0.2, 0.25) is 10.0 Å². The Kier molecular flexibility index (Phi) is 4.90. The molecule has 5 heteroatoms. The zero-order chi connectivity index (χ0) is 13.9. The Labute approximate surface area is 109 Å². The number of sulfonamides is 1. The predicted molar refractivity (Wildman–Crippen MR) is 72.1 cm³/mol. The summed E-state index contributed by atoms with van der Waals surface area (Å²) in [7, 11) is -3.56. The van der Waals surface area contributed by atoms with Crippen LogP contribution in [0.5, 0.6) is 0 Å². The average molecular weight is 271 g/mol. The predicted octanol–water partition coefficient (Wildman–Crippen LogP) is 1.66. The van der Waals surface area contributed by atoms with Crippen LogP contribution in [0, 0.1) is 20.8 Å². The Morgan fingerprint density at radius 3 is 2.22 bits per heavy atom. The molecule has 0 heterocycles. The monoisotopic (exact) mass is 271 g/mol. The molecule has 0 fully saturated rings. The molecule has 0 spiro atoms. The molecule has 0 aromatic heterocycles. The largest absolute Gasteiger partial charge is 0.395 e. The Morgan fingerprint density at radius 1 is 1.17 bits per heavy atom. The number of aliphatic hydroxyl groups is 1. The van der Waals surface area contributed by atoms with Crippen molar-refractivity contribution in [3.63, 3.8) is 0 Å². The van der Waals surface area contributed by atoms with Crippen molar-refractivity contribution in [1.29, 1.82) is 0 Å². The number of nitrogens with one attached hydrogen (secondary N) is 1. The van der Waals surface area contributed by atoms with E-state index in [1.165, 1.54) is 0 Å². The van der Waals surface area contributed by atoms with Crippen molar-refractivity contribution >= 4 is 10.0 Å². The van der Waals surface area contributed by atoms with Gasteiger partial charge in [-0.2, -0.15) is 0 Å². The second kappa shape index (κ2) is 5.82. The third kappa shape index (κ3) is 3.31. The van der Waals surface area contributed by atoms with E-state index in [2.05, 4.69) is 4.72 Å². The van der Waals surface area contributed by atoms with Gasteiger partial charge in [-0.1, -0.05) is 13.0 Å². The van der Waals surface area contributed by atoms with E-state index in [0.29, 0.717) is 6.42 Å². The number of benzene rings is 1. The maximum Gasteiger partial charge on any atom is 0.241 e. The van der Waals surface area contributed by atoms with Gasteiger partial charge in [0.25, 0.3) is 0 Å². The Balaban J connectivity index is 3.16. The average Bonchev–Trinajstić information content (AvgIpc) is 2.30. The molecule has 0 amide bonds. The number of rotatable bonds is 5. The SMILES string of the molecule is CC[C@H](CO)NS(=O)(=O)c1cc(C)c(C)cc1C. The van der Waals surface area contributed by atoms with Crippen molar-refractivity contribution in [3.05, 3.63) is 28.8 Å².